The van der Waals surface area contributed by atoms with Crippen molar-refractivity contribution in [2.75, 3.05) is 26.4 Å². The second-order valence-corrected chi connectivity index (χ2v) is 27.7. The molecule has 0 saturated heterocycles. The van der Waals surface area contributed by atoms with Crippen molar-refractivity contribution in [2.45, 2.75) is 399 Å². The van der Waals surface area contributed by atoms with Crippen LogP contribution in [0.25, 0.3) is 0 Å². The molecule has 0 aliphatic rings. The maximum Gasteiger partial charge on any atom is 0.472 e. The van der Waals surface area contributed by atoms with Gasteiger partial charge in [-0.3, -0.25) is 18.6 Å². The standard InChI is InChI=1S/C80H148NO8P/c1-3-5-7-9-11-13-15-17-19-21-23-25-27-29-31-33-35-36-37-38-39-40-41-43-44-46-48-50-52-54-56-58-60-62-64-66-68-70-72-79(82)86-76-78(77-88-90(84,85)87-75-74-81)89-80(83)73-71-69-67-65-63-61-59-57-55-53-51-49-47-45-42-34-32-30-28-26-24-22-20-18-16-14-12-10-8-6-4-2/h6,8,12,14,18,20,24,26,30,32,42,45,78H,3-5,7,9-11,13,15-17,19,21-23,25,27-29,31,33-41,43-44,46-77,81H2,1-2H3,(H,84,85)/b8-6-,14-12-,20-18-,26-24-,32-30-,45-42-. The van der Waals surface area contributed by atoms with Gasteiger partial charge in [-0.25, -0.2) is 4.57 Å². The third-order valence-corrected chi connectivity index (χ3v) is 18.3. The predicted molar refractivity (Wildman–Crippen MR) is 390 cm³/mol. The molecule has 0 radical (unpaired) electrons. The minimum atomic E-state index is -4.40. The van der Waals surface area contributed by atoms with Crippen LogP contribution in [-0.4, -0.2) is 49.3 Å². The molecule has 0 fully saturated rings. The summed E-state index contributed by atoms with van der Waals surface area (Å²) in [5.74, 6) is -0.814. The van der Waals surface area contributed by atoms with Crippen LogP contribution in [0.1, 0.15) is 393 Å². The van der Waals surface area contributed by atoms with Crippen LogP contribution >= 0.6 is 7.82 Å². The Morgan fingerprint density at radius 2 is 0.611 bits per heavy atom. The maximum atomic E-state index is 12.8. The summed E-state index contributed by atoms with van der Waals surface area (Å²) < 4.78 is 33.2. The molecule has 0 bridgehead atoms. The Labute approximate surface area is 558 Å². The van der Waals surface area contributed by atoms with Crippen molar-refractivity contribution in [2.24, 2.45) is 5.73 Å². The lowest BCUT2D eigenvalue weighted by atomic mass is 10.0. The lowest BCUT2D eigenvalue weighted by Gasteiger charge is -2.19. The summed E-state index contributed by atoms with van der Waals surface area (Å²) in [7, 11) is -4.40. The number of nitrogens with two attached hydrogens (primary N) is 1. The highest BCUT2D eigenvalue weighted by Crippen LogP contribution is 2.43. The average molecular weight is 1280 g/mol. The Balaban J connectivity index is 3.78. The van der Waals surface area contributed by atoms with Gasteiger partial charge in [0.15, 0.2) is 6.10 Å². The zero-order chi connectivity index (χ0) is 65.1. The van der Waals surface area contributed by atoms with Gasteiger partial charge in [-0.15, -0.1) is 0 Å². The number of phosphoric acid groups is 1. The lowest BCUT2D eigenvalue weighted by Crippen LogP contribution is -2.29. The molecule has 526 valence electrons. The van der Waals surface area contributed by atoms with E-state index in [4.69, 9.17) is 24.3 Å². The van der Waals surface area contributed by atoms with Gasteiger partial charge in [0.1, 0.15) is 6.61 Å². The molecule has 0 aliphatic heterocycles. The minimum Gasteiger partial charge on any atom is -0.462 e. The van der Waals surface area contributed by atoms with Gasteiger partial charge in [0.05, 0.1) is 13.2 Å². The number of unbranched alkanes of at least 4 members (excludes halogenated alkanes) is 49. The van der Waals surface area contributed by atoms with E-state index in [9.17, 15) is 19.0 Å². The summed E-state index contributed by atoms with van der Waals surface area (Å²) in [4.78, 5) is 35.4. The van der Waals surface area contributed by atoms with Gasteiger partial charge in [0.25, 0.3) is 0 Å². The molecule has 0 aliphatic carbocycles. The number of ether oxygens (including phenoxy) is 2. The Morgan fingerprint density at radius 3 is 0.911 bits per heavy atom. The molecule has 9 nitrogen and oxygen atoms in total. The third kappa shape index (κ3) is 74.5. The fourth-order valence-corrected chi connectivity index (χ4v) is 12.4. The van der Waals surface area contributed by atoms with Crippen LogP contribution in [0.5, 0.6) is 0 Å². The Morgan fingerprint density at radius 1 is 0.344 bits per heavy atom. The van der Waals surface area contributed by atoms with Gasteiger partial charge in [0, 0.05) is 19.4 Å². The minimum absolute atomic E-state index is 0.0526. The molecular weight excluding hydrogens is 1130 g/mol. The molecule has 0 aromatic carbocycles. The smallest absolute Gasteiger partial charge is 0.462 e. The number of esters is 2. The molecule has 2 unspecified atom stereocenters. The molecule has 0 aromatic heterocycles. The van der Waals surface area contributed by atoms with Crippen LogP contribution in [-0.2, 0) is 32.7 Å². The number of carbonyl (C=O) groups excluding carboxylic acids is 2. The Bertz CT molecular complexity index is 1710. The van der Waals surface area contributed by atoms with Gasteiger partial charge in [0.2, 0.25) is 0 Å². The van der Waals surface area contributed by atoms with Crippen molar-refractivity contribution in [3.8, 4) is 0 Å². The number of phosphoric ester groups is 1. The summed E-state index contributed by atoms with van der Waals surface area (Å²) in [5.41, 5.74) is 5.41. The highest BCUT2D eigenvalue weighted by Gasteiger charge is 2.26. The zero-order valence-electron chi connectivity index (χ0n) is 59.4. The van der Waals surface area contributed by atoms with E-state index in [2.05, 4.69) is 86.8 Å². The first-order valence-electron chi connectivity index (χ1n) is 38.9. The van der Waals surface area contributed by atoms with E-state index in [0.717, 1.165) is 77.0 Å². The number of rotatable bonds is 74. The molecular formula is C80H148NO8P. The number of hydrogen-bond donors (Lipinski definition) is 2. The van der Waals surface area contributed by atoms with E-state index in [-0.39, 0.29) is 38.6 Å². The van der Waals surface area contributed by atoms with Crippen molar-refractivity contribution in [3.63, 3.8) is 0 Å². The number of allylic oxidation sites excluding steroid dienone is 12. The van der Waals surface area contributed by atoms with E-state index in [1.807, 2.05) is 0 Å². The average Bonchev–Trinajstić information content (AvgIpc) is 3.75. The first-order chi connectivity index (χ1) is 44.3. The largest absolute Gasteiger partial charge is 0.472 e. The van der Waals surface area contributed by atoms with Crippen molar-refractivity contribution < 1.29 is 37.6 Å². The van der Waals surface area contributed by atoms with Gasteiger partial charge in [-0.1, -0.05) is 389 Å². The molecule has 3 N–H and O–H groups in total. The SMILES string of the molecule is CC/C=C\C/C=C\C/C=C\C/C=C\C/C=C\C/C=C\CCCCCCCCCCCCCCC(=O)OC(COC(=O)CCCCCCCCCCCCCCCCCCCCCCCCCCCCCCCCCCCCCCCC)COP(=O)(O)OCCN. The van der Waals surface area contributed by atoms with Crippen LogP contribution in [0.15, 0.2) is 72.9 Å². The molecule has 0 spiro atoms. The van der Waals surface area contributed by atoms with E-state index < -0.39 is 26.5 Å². The van der Waals surface area contributed by atoms with Gasteiger partial charge in [-0.05, 0) is 64.2 Å². The molecule has 0 saturated carbocycles. The summed E-state index contributed by atoms with van der Waals surface area (Å²) >= 11 is 0. The summed E-state index contributed by atoms with van der Waals surface area (Å²) in [6.45, 7) is 3.69. The first-order valence-corrected chi connectivity index (χ1v) is 40.4. The zero-order valence-corrected chi connectivity index (χ0v) is 60.3. The van der Waals surface area contributed by atoms with Crippen molar-refractivity contribution in [1.29, 1.82) is 0 Å². The van der Waals surface area contributed by atoms with Crippen molar-refractivity contribution in [1.82, 2.24) is 0 Å². The monoisotopic (exact) mass is 1280 g/mol. The second-order valence-electron chi connectivity index (χ2n) is 26.2. The molecule has 0 rings (SSSR count). The molecule has 0 amide bonds. The van der Waals surface area contributed by atoms with Gasteiger partial charge < -0.3 is 20.1 Å². The van der Waals surface area contributed by atoms with E-state index in [0.29, 0.717) is 6.42 Å². The van der Waals surface area contributed by atoms with Crippen LogP contribution in [0.4, 0.5) is 0 Å². The number of carbonyl (C=O) groups is 2. The lowest BCUT2D eigenvalue weighted by molar-refractivity contribution is -0.161. The Hall–Kier alpha value is -2.55. The van der Waals surface area contributed by atoms with Crippen LogP contribution < -0.4 is 5.73 Å². The normalized spacial score (nSPS) is 13.2. The van der Waals surface area contributed by atoms with Crippen LogP contribution in [0.3, 0.4) is 0 Å². The first kappa shape index (κ1) is 87.5. The van der Waals surface area contributed by atoms with Crippen molar-refractivity contribution in [3.05, 3.63) is 72.9 Å². The fraction of sp³-hybridized carbons (Fsp3) is 0.825. The topological polar surface area (TPSA) is 134 Å². The molecule has 10 heteroatoms. The molecule has 90 heavy (non-hydrogen) atoms. The quantitative estimate of drug-likeness (QED) is 0.0264. The van der Waals surface area contributed by atoms with Crippen LogP contribution in [0, 0.1) is 0 Å². The summed E-state index contributed by atoms with van der Waals surface area (Å²) in [5, 5.41) is 0. The number of hydrogen-bond acceptors (Lipinski definition) is 8. The van der Waals surface area contributed by atoms with Crippen LogP contribution in [0.2, 0.25) is 0 Å². The fourth-order valence-electron chi connectivity index (χ4n) is 11.6. The highest BCUT2D eigenvalue weighted by molar-refractivity contribution is 7.47. The second kappa shape index (κ2) is 75.5. The summed E-state index contributed by atoms with van der Waals surface area (Å²) in [6.07, 6.45) is 100. The third-order valence-electron chi connectivity index (χ3n) is 17.4. The maximum absolute atomic E-state index is 12.8. The summed E-state index contributed by atoms with van der Waals surface area (Å²) in [6, 6.07) is 0. The molecule has 2 atom stereocenters. The Kier molecular flexibility index (Phi) is 73.3. The van der Waals surface area contributed by atoms with E-state index >= 15 is 0 Å². The van der Waals surface area contributed by atoms with Gasteiger partial charge in [-0.2, -0.15) is 0 Å². The van der Waals surface area contributed by atoms with Gasteiger partial charge >= 0.3 is 19.8 Å². The van der Waals surface area contributed by atoms with Crippen molar-refractivity contribution >= 4 is 19.8 Å². The highest BCUT2D eigenvalue weighted by atomic mass is 31.2. The molecule has 0 heterocycles. The van der Waals surface area contributed by atoms with E-state index in [1.165, 1.54) is 283 Å². The van der Waals surface area contributed by atoms with E-state index in [1.54, 1.807) is 0 Å². The predicted octanol–water partition coefficient (Wildman–Crippen LogP) is 25.9. The molecule has 0 aromatic rings.